The molecule has 1 amide bonds. The van der Waals surface area contributed by atoms with Gasteiger partial charge in [0.25, 0.3) is 0 Å². The number of nitrogens with zero attached hydrogens (tertiary/aromatic N) is 1. The summed E-state index contributed by atoms with van der Waals surface area (Å²) in [5.41, 5.74) is 0. The second kappa shape index (κ2) is 5.35. The third-order valence-electron chi connectivity index (χ3n) is 3.21. The van der Waals surface area contributed by atoms with Crippen molar-refractivity contribution >= 4 is 5.91 Å². The minimum Gasteiger partial charge on any atom is -0.342 e. The van der Waals surface area contributed by atoms with Gasteiger partial charge in [-0.25, -0.2) is 0 Å². The SMILES string of the molecule is CCC(C)N(C)C(=O)[C@@H]1CCCCN1. The quantitative estimate of drug-likeness (QED) is 0.743. The Balaban J connectivity index is 2.46. The normalized spacial score (nSPS) is 24.4. The summed E-state index contributed by atoms with van der Waals surface area (Å²) in [6, 6.07) is 0.425. The summed E-state index contributed by atoms with van der Waals surface area (Å²) >= 11 is 0. The highest BCUT2D eigenvalue weighted by molar-refractivity contribution is 5.82. The molecule has 0 saturated carbocycles. The minimum atomic E-state index is 0.0720. The van der Waals surface area contributed by atoms with Gasteiger partial charge in [0.05, 0.1) is 6.04 Å². The highest BCUT2D eigenvalue weighted by Gasteiger charge is 2.25. The zero-order valence-electron chi connectivity index (χ0n) is 9.55. The van der Waals surface area contributed by atoms with E-state index >= 15 is 0 Å². The van der Waals surface area contributed by atoms with E-state index in [1.54, 1.807) is 0 Å². The van der Waals surface area contributed by atoms with Gasteiger partial charge in [0.1, 0.15) is 0 Å². The molecular formula is C11H22N2O. The van der Waals surface area contributed by atoms with Crippen molar-refractivity contribution in [3.8, 4) is 0 Å². The maximum atomic E-state index is 12.0. The molecule has 3 nitrogen and oxygen atoms in total. The van der Waals surface area contributed by atoms with Crippen LogP contribution < -0.4 is 5.32 Å². The summed E-state index contributed by atoms with van der Waals surface area (Å²) in [6.07, 6.45) is 4.41. The first-order valence-corrected chi connectivity index (χ1v) is 5.67. The van der Waals surface area contributed by atoms with Gasteiger partial charge in [-0.05, 0) is 32.7 Å². The molecule has 1 aliphatic heterocycles. The molecule has 1 rings (SSSR count). The molecule has 1 N–H and O–H groups in total. The van der Waals surface area contributed by atoms with Crippen molar-refractivity contribution in [3.05, 3.63) is 0 Å². The highest BCUT2D eigenvalue weighted by atomic mass is 16.2. The standard InChI is InChI=1S/C11H22N2O/c1-4-9(2)13(3)11(14)10-7-5-6-8-12-10/h9-10,12H,4-8H2,1-3H3/t9?,10-/m0/s1. The van der Waals surface area contributed by atoms with E-state index in [4.69, 9.17) is 0 Å². The van der Waals surface area contributed by atoms with Gasteiger partial charge in [-0.3, -0.25) is 4.79 Å². The van der Waals surface area contributed by atoms with Gasteiger partial charge in [-0.15, -0.1) is 0 Å². The fourth-order valence-electron chi connectivity index (χ4n) is 1.80. The van der Waals surface area contributed by atoms with Crippen LogP contribution in [-0.2, 0) is 4.79 Å². The van der Waals surface area contributed by atoms with Gasteiger partial charge in [-0.1, -0.05) is 13.3 Å². The molecule has 1 aliphatic rings. The Morgan fingerprint density at radius 1 is 1.57 bits per heavy atom. The Labute approximate surface area is 86.9 Å². The van der Waals surface area contributed by atoms with Crippen LogP contribution in [0.15, 0.2) is 0 Å². The predicted molar refractivity (Wildman–Crippen MR) is 58.2 cm³/mol. The molecule has 0 aromatic rings. The third kappa shape index (κ3) is 2.71. The van der Waals surface area contributed by atoms with Crippen molar-refractivity contribution in [2.45, 2.75) is 51.6 Å². The molecule has 1 unspecified atom stereocenters. The van der Waals surface area contributed by atoms with Crippen LogP contribution in [0.1, 0.15) is 39.5 Å². The van der Waals surface area contributed by atoms with Crippen molar-refractivity contribution in [2.75, 3.05) is 13.6 Å². The van der Waals surface area contributed by atoms with Gasteiger partial charge >= 0.3 is 0 Å². The zero-order chi connectivity index (χ0) is 10.6. The number of carbonyl (C=O) groups excluding carboxylic acids is 1. The molecule has 14 heavy (non-hydrogen) atoms. The third-order valence-corrected chi connectivity index (χ3v) is 3.21. The van der Waals surface area contributed by atoms with Crippen LogP contribution >= 0.6 is 0 Å². The Kier molecular flexibility index (Phi) is 4.39. The van der Waals surface area contributed by atoms with Crippen molar-refractivity contribution in [3.63, 3.8) is 0 Å². The fraction of sp³-hybridized carbons (Fsp3) is 0.909. The number of amides is 1. The minimum absolute atomic E-state index is 0.0720. The number of hydrogen-bond donors (Lipinski definition) is 1. The number of hydrogen-bond acceptors (Lipinski definition) is 2. The number of likely N-dealkylation sites (N-methyl/N-ethyl adjacent to an activating group) is 1. The van der Waals surface area contributed by atoms with E-state index in [0.29, 0.717) is 6.04 Å². The van der Waals surface area contributed by atoms with Crippen LogP contribution in [0.4, 0.5) is 0 Å². The first-order valence-electron chi connectivity index (χ1n) is 5.67. The Hall–Kier alpha value is -0.570. The number of nitrogens with one attached hydrogen (secondary N) is 1. The van der Waals surface area contributed by atoms with Crippen LogP contribution in [0, 0.1) is 0 Å². The molecule has 1 fully saturated rings. The second-order valence-corrected chi connectivity index (χ2v) is 4.21. The van der Waals surface area contributed by atoms with Crippen molar-refractivity contribution in [1.82, 2.24) is 10.2 Å². The first-order chi connectivity index (χ1) is 6.66. The maximum absolute atomic E-state index is 12.0. The van der Waals surface area contributed by atoms with Crippen LogP contribution in [-0.4, -0.2) is 36.5 Å². The summed E-state index contributed by atoms with van der Waals surface area (Å²) in [5, 5.41) is 3.29. The van der Waals surface area contributed by atoms with Gasteiger partial charge in [0.15, 0.2) is 0 Å². The molecule has 0 aromatic heterocycles. The number of piperidine rings is 1. The van der Waals surface area contributed by atoms with E-state index in [9.17, 15) is 4.79 Å². The van der Waals surface area contributed by atoms with E-state index in [-0.39, 0.29) is 11.9 Å². The van der Waals surface area contributed by atoms with Gasteiger partial charge in [-0.2, -0.15) is 0 Å². The van der Waals surface area contributed by atoms with Gasteiger partial charge < -0.3 is 10.2 Å². The van der Waals surface area contributed by atoms with Crippen molar-refractivity contribution in [2.24, 2.45) is 0 Å². The molecule has 0 spiro atoms. The lowest BCUT2D eigenvalue weighted by Gasteiger charge is -2.30. The molecule has 82 valence electrons. The maximum Gasteiger partial charge on any atom is 0.239 e. The molecule has 3 heteroatoms. The average molecular weight is 198 g/mol. The summed E-state index contributed by atoms with van der Waals surface area (Å²) in [5.74, 6) is 0.263. The molecule has 1 saturated heterocycles. The van der Waals surface area contributed by atoms with E-state index in [1.807, 2.05) is 11.9 Å². The number of rotatable bonds is 3. The molecule has 0 radical (unpaired) electrons. The van der Waals surface area contributed by atoms with Gasteiger partial charge in [0.2, 0.25) is 5.91 Å². The lowest BCUT2D eigenvalue weighted by atomic mass is 10.0. The van der Waals surface area contributed by atoms with Crippen molar-refractivity contribution < 1.29 is 4.79 Å². The second-order valence-electron chi connectivity index (χ2n) is 4.21. The van der Waals surface area contributed by atoms with E-state index in [0.717, 1.165) is 19.4 Å². The Morgan fingerprint density at radius 2 is 2.29 bits per heavy atom. The summed E-state index contributed by atoms with van der Waals surface area (Å²) in [6.45, 7) is 5.20. The Bertz CT molecular complexity index is 184. The Morgan fingerprint density at radius 3 is 2.79 bits per heavy atom. The predicted octanol–water partition coefficient (Wildman–Crippen LogP) is 1.39. The highest BCUT2D eigenvalue weighted by Crippen LogP contribution is 2.11. The monoisotopic (exact) mass is 198 g/mol. The summed E-state index contributed by atoms with van der Waals surface area (Å²) in [4.78, 5) is 13.8. The summed E-state index contributed by atoms with van der Waals surface area (Å²) in [7, 11) is 1.91. The molecule has 0 bridgehead atoms. The van der Waals surface area contributed by atoms with E-state index < -0.39 is 0 Å². The summed E-state index contributed by atoms with van der Waals surface area (Å²) < 4.78 is 0. The lowest BCUT2D eigenvalue weighted by Crippen LogP contribution is -2.49. The van der Waals surface area contributed by atoms with E-state index in [2.05, 4.69) is 19.2 Å². The zero-order valence-corrected chi connectivity index (χ0v) is 9.55. The van der Waals surface area contributed by atoms with Gasteiger partial charge in [0, 0.05) is 13.1 Å². The van der Waals surface area contributed by atoms with E-state index in [1.165, 1.54) is 12.8 Å². The molecule has 0 aromatic carbocycles. The molecule has 0 aliphatic carbocycles. The fourth-order valence-corrected chi connectivity index (χ4v) is 1.80. The average Bonchev–Trinajstić information content (AvgIpc) is 2.27. The molecule has 1 heterocycles. The first kappa shape index (κ1) is 11.5. The molecule has 2 atom stereocenters. The largest absolute Gasteiger partial charge is 0.342 e. The topological polar surface area (TPSA) is 32.3 Å². The van der Waals surface area contributed by atoms with Crippen LogP contribution in [0.2, 0.25) is 0 Å². The van der Waals surface area contributed by atoms with Crippen LogP contribution in [0.25, 0.3) is 0 Å². The van der Waals surface area contributed by atoms with Crippen LogP contribution in [0.3, 0.4) is 0 Å². The lowest BCUT2D eigenvalue weighted by molar-refractivity contribution is -0.134. The van der Waals surface area contributed by atoms with Crippen molar-refractivity contribution in [1.29, 1.82) is 0 Å². The smallest absolute Gasteiger partial charge is 0.239 e. The number of carbonyl (C=O) groups is 1. The van der Waals surface area contributed by atoms with Crippen LogP contribution in [0.5, 0.6) is 0 Å². The molecular weight excluding hydrogens is 176 g/mol.